The van der Waals surface area contributed by atoms with E-state index in [1.807, 2.05) is 24.3 Å². The van der Waals surface area contributed by atoms with Crippen molar-refractivity contribution in [2.45, 2.75) is 39.2 Å². The second-order valence-electron chi connectivity index (χ2n) is 7.83. The summed E-state index contributed by atoms with van der Waals surface area (Å²) >= 11 is 1.58. The van der Waals surface area contributed by atoms with Crippen LogP contribution in [0.1, 0.15) is 41.6 Å². The topological polar surface area (TPSA) is 98.5 Å². The number of carbonyl (C=O) groups is 1. The third-order valence-electron chi connectivity index (χ3n) is 5.78. The first-order valence-corrected chi connectivity index (χ1v) is 11.6. The maximum atomic E-state index is 12.8. The zero-order valence-corrected chi connectivity index (χ0v) is 18.5. The summed E-state index contributed by atoms with van der Waals surface area (Å²) in [6.45, 7) is 2.75. The fourth-order valence-electron chi connectivity index (χ4n) is 3.71. The van der Waals surface area contributed by atoms with Gasteiger partial charge < -0.3 is 5.32 Å². The Morgan fingerprint density at radius 2 is 1.84 bits per heavy atom. The quantitative estimate of drug-likeness (QED) is 0.419. The lowest BCUT2D eigenvalue weighted by Crippen LogP contribution is -2.28. The van der Waals surface area contributed by atoms with Crippen molar-refractivity contribution >= 4 is 22.4 Å². The van der Waals surface area contributed by atoms with Crippen LogP contribution in [0.15, 0.2) is 48.5 Å². The standard InChI is InChI=1S/C23H23N7OS/c1-2-20-25-27-23(32-20)24-14-15-10-12-16(13-11-15)18-8-3-4-9-19(18)21-26-28-29-30(21)22(31)17-6-5-7-17/h3-4,8-13,17H,2,5-7,14H2,1H3,(H,24,27). The molecule has 4 aromatic rings. The van der Waals surface area contributed by atoms with Gasteiger partial charge in [-0.05, 0) is 46.4 Å². The van der Waals surface area contributed by atoms with Crippen LogP contribution in [0.5, 0.6) is 0 Å². The van der Waals surface area contributed by atoms with Gasteiger partial charge in [0, 0.05) is 18.0 Å². The first-order valence-electron chi connectivity index (χ1n) is 10.8. The molecule has 0 radical (unpaired) electrons. The fraction of sp³-hybridized carbons (Fsp3) is 0.304. The van der Waals surface area contributed by atoms with Gasteiger partial charge in [0.2, 0.25) is 5.13 Å². The molecular weight excluding hydrogens is 422 g/mol. The van der Waals surface area contributed by atoms with Crippen LogP contribution in [0, 0.1) is 5.92 Å². The molecule has 0 bridgehead atoms. The zero-order chi connectivity index (χ0) is 21.9. The highest BCUT2D eigenvalue weighted by Gasteiger charge is 2.30. The molecule has 2 aromatic heterocycles. The predicted octanol–water partition coefficient (Wildman–Crippen LogP) is 4.47. The summed E-state index contributed by atoms with van der Waals surface area (Å²) < 4.78 is 1.37. The molecule has 32 heavy (non-hydrogen) atoms. The lowest BCUT2D eigenvalue weighted by Gasteiger charge is -2.23. The highest BCUT2D eigenvalue weighted by atomic mass is 32.1. The van der Waals surface area contributed by atoms with Gasteiger partial charge in [0.05, 0.1) is 0 Å². The van der Waals surface area contributed by atoms with Gasteiger partial charge in [-0.15, -0.1) is 15.3 Å². The number of hydrogen-bond donors (Lipinski definition) is 1. The van der Waals surface area contributed by atoms with E-state index in [0.717, 1.165) is 58.1 Å². The minimum atomic E-state index is -0.0182. The SMILES string of the molecule is CCc1nnc(NCc2ccc(-c3ccccc3-c3nnnn3C(=O)C3CCC3)cc2)s1. The number of nitrogens with one attached hydrogen (secondary N) is 1. The highest BCUT2D eigenvalue weighted by Crippen LogP contribution is 2.33. The molecule has 0 saturated heterocycles. The summed E-state index contributed by atoms with van der Waals surface area (Å²) in [5.41, 5.74) is 4.02. The van der Waals surface area contributed by atoms with E-state index in [9.17, 15) is 4.79 Å². The van der Waals surface area contributed by atoms with Gasteiger partial charge in [0.15, 0.2) is 5.82 Å². The molecule has 1 aliphatic carbocycles. The van der Waals surface area contributed by atoms with Gasteiger partial charge in [-0.2, -0.15) is 4.68 Å². The van der Waals surface area contributed by atoms with Crippen molar-refractivity contribution in [1.82, 2.24) is 30.4 Å². The molecule has 162 valence electrons. The molecular formula is C23H23N7OS. The number of hydrogen-bond acceptors (Lipinski definition) is 8. The number of anilines is 1. The summed E-state index contributed by atoms with van der Waals surface area (Å²) in [5.74, 6) is 0.499. The number of nitrogens with zero attached hydrogens (tertiary/aromatic N) is 6. The number of benzene rings is 2. The van der Waals surface area contributed by atoms with Crippen LogP contribution < -0.4 is 5.32 Å². The summed E-state index contributed by atoms with van der Waals surface area (Å²) in [4.78, 5) is 12.8. The van der Waals surface area contributed by atoms with Gasteiger partial charge in [-0.3, -0.25) is 4.79 Å². The molecule has 8 nitrogen and oxygen atoms in total. The molecule has 0 atom stereocenters. The van der Waals surface area contributed by atoms with Crippen LogP contribution in [-0.2, 0) is 13.0 Å². The Hall–Kier alpha value is -3.46. The lowest BCUT2D eigenvalue weighted by atomic mass is 9.85. The summed E-state index contributed by atoms with van der Waals surface area (Å²) in [5, 5.41) is 25.5. The summed E-state index contributed by atoms with van der Waals surface area (Å²) in [7, 11) is 0. The average Bonchev–Trinajstić information content (AvgIpc) is 3.46. The van der Waals surface area contributed by atoms with Gasteiger partial charge in [-0.25, -0.2) is 0 Å². The molecule has 1 aliphatic rings. The smallest absolute Gasteiger partial charge is 0.253 e. The minimum absolute atomic E-state index is 0.0182. The Labute approximate surface area is 189 Å². The number of aryl methyl sites for hydroxylation is 1. The van der Waals surface area contributed by atoms with E-state index in [4.69, 9.17) is 0 Å². The van der Waals surface area contributed by atoms with Crippen molar-refractivity contribution in [3.05, 3.63) is 59.1 Å². The maximum absolute atomic E-state index is 12.8. The van der Waals surface area contributed by atoms with Crippen molar-refractivity contribution in [1.29, 1.82) is 0 Å². The van der Waals surface area contributed by atoms with Crippen molar-refractivity contribution in [3.8, 4) is 22.5 Å². The monoisotopic (exact) mass is 445 g/mol. The van der Waals surface area contributed by atoms with Crippen LogP contribution in [0.4, 0.5) is 5.13 Å². The third kappa shape index (κ3) is 4.03. The molecule has 0 unspecified atom stereocenters. The van der Waals surface area contributed by atoms with E-state index in [0.29, 0.717) is 12.4 Å². The Bertz CT molecular complexity index is 1230. The molecule has 0 amide bonds. The van der Waals surface area contributed by atoms with Crippen LogP contribution >= 0.6 is 11.3 Å². The number of tetrazole rings is 1. The van der Waals surface area contributed by atoms with E-state index in [1.165, 1.54) is 4.68 Å². The Morgan fingerprint density at radius 3 is 2.53 bits per heavy atom. The Morgan fingerprint density at radius 1 is 1.06 bits per heavy atom. The Balaban J connectivity index is 1.37. The summed E-state index contributed by atoms with van der Waals surface area (Å²) in [6, 6.07) is 16.2. The van der Waals surface area contributed by atoms with Crippen LogP contribution in [0.2, 0.25) is 0 Å². The van der Waals surface area contributed by atoms with Gasteiger partial charge in [0.25, 0.3) is 5.91 Å². The van der Waals surface area contributed by atoms with Crippen molar-refractivity contribution in [2.24, 2.45) is 5.92 Å². The molecule has 0 spiro atoms. The largest absolute Gasteiger partial charge is 0.356 e. The van der Waals surface area contributed by atoms with E-state index >= 15 is 0 Å². The molecule has 1 fully saturated rings. The summed E-state index contributed by atoms with van der Waals surface area (Å²) in [6.07, 6.45) is 3.80. The van der Waals surface area contributed by atoms with Gasteiger partial charge in [-0.1, -0.05) is 73.2 Å². The first-order chi connectivity index (χ1) is 15.7. The van der Waals surface area contributed by atoms with E-state index < -0.39 is 0 Å². The van der Waals surface area contributed by atoms with E-state index in [1.54, 1.807) is 11.3 Å². The van der Waals surface area contributed by atoms with Crippen LogP contribution in [0.25, 0.3) is 22.5 Å². The Kier molecular flexibility index (Phi) is 5.72. The number of carbonyl (C=O) groups excluding carboxylic acids is 1. The first kappa shape index (κ1) is 20.4. The van der Waals surface area contributed by atoms with Crippen molar-refractivity contribution < 1.29 is 4.79 Å². The molecule has 5 rings (SSSR count). The molecule has 9 heteroatoms. The lowest BCUT2D eigenvalue weighted by molar-refractivity contribution is 0.0747. The fourth-order valence-corrected chi connectivity index (χ4v) is 4.38. The van der Waals surface area contributed by atoms with Crippen molar-refractivity contribution in [3.63, 3.8) is 0 Å². The van der Waals surface area contributed by atoms with E-state index in [2.05, 4.69) is 62.2 Å². The van der Waals surface area contributed by atoms with Gasteiger partial charge >= 0.3 is 0 Å². The molecule has 1 N–H and O–H groups in total. The van der Waals surface area contributed by atoms with Crippen LogP contribution in [-0.4, -0.2) is 36.3 Å². The second-order valence-corrected chi connectivity index (χ2v) is 8.89. The predicted molar refractivity (Wildman–Crippen MR) is 123 cm³/mol. The number of aromatic nitrogens is 6. The van der Waals surface area contributed by atoms with Crippen LogP contribution in [0.3, 0.4) is 0 Å². The number of rotatable bonds is 7. The van der Waals surface area contributed by atoms with Crippen molar-refractivity contribution in [2.75, 3.05) is 5.32 Å². The van der Waals surface area contributed by atoms with Gasteiger partial charge in [0.1, 0.15) is 5.01 Å². The molecule has 0 aliphatic heterocycles. The third-order valence-corrected chi connectivity index (χ3v) is 6.80. The molecule has 2 heterocycles. The zero-order valence-electron chi connectivity index (χ0n) is 17.7. The maximum Gasteiger partial charge on any atom is 0.253 e. The highest BCUT2D eigenvalue weighted by molar-refractivity contribution is 7.15. The normalized spacial score (nSPS) is 13.7. The second kappa shape index (κ2) is 8.96. The molecule has 2 aromatic carbocycles. The van der Waals surface area contributed by atoms with E-state index in [-0.39, 0.29) is 11.8 Å². The molecule has 1 saturated carbocycles. The average molecular weight is 446 g/mol. The minimum Gasteiger partial charge on any atom is -0.356 e.